The van der Waals surface area contributed by atoms with Crippen molar-refractivity contribution in [2.24, 2.45) is 5.41 Å². The van der Waals surface area contributed by atoms with Gasteiger partial charge in [-0.1, -0.05) is 101 Å². The molecule has 0 amide bonds. The first-order valence-corrected chi connectivity index (χ1v) is 16.0. The summed E-state index contributed by atoms with van der Waals surface area (Å²) in [5.74, 6) is 4.77. The van der Waals surface area contributed by atoms with E-state index in [2.05, 4.69) is 95.0 Å². The van der Waals surface area contributed by atoms with Crippen LogP contribution in [-0.4, -0.2) is 51.9 Å². The third-order valence-electron chi connectivity index (χ3n) is 8.88. The molecule has 3 aliphatic rings. The molecule has 2 aromatic rings. The molecule has 0 unspecified atom stereocenters. The first kappa shape index (κ1) is 28.0. The molecule has 1 aliphatic carbocycles. The van der Waals surface area contributed by atoms with Crippen molar-refractivity contribution in [3.05, 3.63) is 71.8 Å². The zero-order chi connectivity index (χ0) is 27.9. The number of benzene rings is 2. The van der Waals surface area contributed by atoms with Crippen molar-refractivity contribution >= 4 is 24.5 Å². The quantitative estimate of drug-likeness (QED) is 0.285. The van der Waals surface area contributed by atoms with E-state index in [1.54, 1.807) is 6.92 Å². The summed E-state index contributed by atoms with van der Waals surface area (Å²) >= 11 is 0. The number of rotatable bonds is 7. The van der Waals surface area contributed by atoms with Crippen LogP contribution in [-0.2, 0) is 23.4 Å². The van der Waals surface area contributed by atoms with Crippen LogP contribution in [0.4, 0.5) is 0 Å². The molecule has 2 aliphatic heterocycles. The summed E-state index contributed by atoms with van der Waals surface area (Å²) in [6.45, 7) is 14.1. The first-order valence-electron chi connectivity index (χ1n) is 14.1. The number of hydrogen-bond donors (Lipinski definition) is 0. The molecule has 5 rings (SSSR count). The van der Waals surface area contributed by atoms with Gasteiger partial charge in [-0.3, -0.25) is 4.79 Å². The largest absolute Gasteiger partial charge is 0.403 e. The number of Topliss-reactive ketones (excluding diaryl/α,β-unsaturated/α-hetero) is 1. The molecule has 0 N–H and O–H groups in total. The third kappa shape index (κ3) is 4.55. The average molecular weight is 545 g/mol. The predicted octanol–water partition coefficient (Wildman–Crippen LogP) is 4.78. The molecule has 2 saturated heterocycles. The summed E-state index contributed by atoms with van der Waals surface area (Å²) < 4.78 is 26.6. The fraction of sp³-hybridized carbons (Fsp3) is 0.485. The Morgan fingerprint density at radius 3 is 1.95 bits per heavy atom. The van der Waals surface area contributed by atoms with Crippen molar-refractivity contribution in [1.82, 2.24) is 0 Å². The van der Waals surface area contributed by atoms with Gasteiger partial charge in [0, 0.05) is 11.0 Å². The van der Waals surface area contributed by atoms with Crippen LogP contribution < -0.4 is 10.4 Å². The molecule has 2 aromatic carbocycles. The summed E-state index contributed by atoms with van der Waals surface area (Å²) in [6.07, 6.45) is 0.851. The van der Waals surface area contributed by atoms with Gasteiger partial charge in [-0.2, -0.15) is 0 Å². The second-order valence-electron chi connectivity index (χ2n) is 12.0. The van der Waals surface area contributed by atoms with Crippen molar-refractivity contribution in [2.75, 3.05) is 19.8 Å². The van der Waals surface area contributed by atoms with E-state index in [0.29, 0.717) is 24.4 Å². The Balaban J connectivity index is 1.63. The van der Waals surface area contributed by atoms with Gasteiger partial charge >= 0.3 is 0 Å². The molecule has 1 spiro atoms. The number of epoxide rings is 1. The van der Waals surface area contributed by atoms with Crippen molar-refractivity contribution in [2.45, 2.75) is 77.4 Å². The van der Waals surface area contributed by atoms with Crippen LogP contribution in [0.1, 0.15) is 54.4 Å². The zero-order valence-corrected chi connectivity index (χ0v) is 25.0. The van der Waals surface area contributed by atoms with Gasteiger partial charge in [0.1, 0.15) is 0 Å². The van der Waals surface area contributed by atoms with E-state index in [1.807, 2.05) is 12.1 Å². The minimum absolute atomic E-state index is 0.0579. The van der Waals surface area contributed by atoms with E-state index in [9.17, 15) is 4.79 Å². The SMILES string of the molecule is CC#CC1=C(CO[Si](c2ccccc2)(c2ccccc2)C(C)(C)C)C2(OCC(CC)(CC)CO2)[C@H]2O[C@H]2C1=O. The van der Waals surface area contributed by atoms with Gasteiger partial charge in [-0.25, -0.2) is 0 Å². The van der Waals surface area contributed by atoms with E-state index in [0.717, 1.165) is 12.8 Å². The Labute approximate surface area is 234 Å². The number of fused-ring (bicyclic) bond motifs is 2. The lowest BCUT2D eigenvalue weighted by molar-refractivity contribution is -0.294. The number of carbonyl (C=O) groups is 1. The van der Waals surface area contributed by atoms with Gasteiger partial charge in [0.05, 0.1) is 25.4 Å². The molecule has 0 radical (unpaired) electrons. The summed E-state index contributed by atoms with van der Waals surface area (Å²) in [6, 6.07) is 21.0. The van der Waals surface area contributed by atoms with Crippen LogP contribution in [0.5, 0.6) is 0 Å². The molecule has 206 valence electrons. The standard InChI is InChI=1S/C33H40O5Si/c1-7-16-26-27(33(30-29(38-30)28(26)34)35-22-32(8-2,9-3)23-36-33)21-37-39(31(4,5)6,24-17-12-10-13-18-24)25-19-14-11-15-20-25/h10-15,17-20,29-30H,8-9,21-23H2,1-6H3/t29-,30-/m0/s1. The molecule has 2 heterocycles. The maximum absolute atomic E-state index is 13.5. The fourth-order valence-corrected chi connectivity index (χ4v) is 10.7. The molecular formula is C33H40O5Si. The molecule has 6 heteroatoms. The molecular weight excluding hydrogens is 504 g/mol. The smallest absolute Gasteiger partial charge is 0.261 e. The molecule has 2 fully saturated rings. The summed E-state index contributed by atoms with van der Waals surface area (Å²) in [5.41, 5.74) is 1.02. The van der Waals surface area contributed by atoms with E-state index >= 15 is 0 Å². The predicted molar refractivity (Wildman–Crippen MR) is 155 cm³/mol. The average Bonchev–Trinajstić information content (AvgIpc) is 3.77. The Kier molecular flexibility index (Phi) is 7.51. The van der Waals surface area contributed by atoms with Crippen LogP contribution in [0.3, 0.4) is 0 Å². The van der Waals surface area contributed by atoms with Crippen molar-refractivity contribution in [3.63, 3.8) is 0 Å². The lowest BCUT2D eigenvalue weighted by Gasteiger charge is -2.48. The maximum Gasteiger partial charge on any atom is 0.261 e. The summed E-state index contributed by atoms with van der Waals surface area (Å²) in [5, 5.41) is 2.13. The number of ether oxygens (including phenoxy) is 3. The minimum Gasteiger partial charge on any atom is -0.403 e. The van der Waals surface area contributed by atoms with Crippen LogP contribution in [0.2, 0.25) is 5.04 Å². The lowest BCUT2D eigenvalue weighted by atomic mass is 9.80. The monoisotopic (exact) mass is 544 g/mol. The molecule has 2 atom stereocenters. The molecule has 39 heavy (non-hydrogen) atoms. The topological polar surface area (TPSA) is 57.3 Å². The van der Waals surface area contributed by atoms with E-state index < -0.39 is 26.3 Å². The van der Waals surface area contributed by atoms with Crippen molar-refractivity contribution in [1.29, 1.82) is 0 Å². The van der Waals surface area contributed by atoms with Crippen LogP contribution in [0.25, 0.3) is 0 Å². The van der Waals surface area contributed by atoms with Gasteiger partial charge in [0.25, 0.3) is 8.32 Å². The Morgan fingerprint density at radius 2 is 1.49 bits per heavy atom. The van der Waals surface area contributed by atoms with Crippen molar-refractivity contribution < 1.29 is 23.4 Å². The molecule has 0 aromatic heterocycles. The van der Waals surface area contributed by atoms with E-state index in [1.165, 1.54) is 10.4 Å². The van der Waals surface area contributed by atoms with Crippen LogP contribution in [0.15, 0.2) is 71.8 Å². The second kappa shape index (κ2) is 10.5. The van der Waals surface area contributed by atoms with Gasteiger partial charge in [0.15, 0.2) is 12.2 Å². The lowest BCUT2D eigenvalue weighted by Crippen LogP contribution is -2.67. The highest BCUT2D eigenvalue weighted by atomic mass is 28.4. The normalized spacial score (nSPS) is 23.7. The van der Waals surface area contributed by atoms with Crippen LogP contribution >= 0.6 is 0 Å². The van der Waals surface area contributed by atoms with Gasteiger partial charge in [-0.15, -0.1) is 5.92 Å². The summed E-state index contributed by atoms with van der Waals surface area (Å²) in [7, 11) is -2.88. The summed E-state index contributed by atoms with van der Waals surface area (Å²) in [4.78, 5) is 13.5. The highest BCUT2D eigenvalue weighted by molar-refractivity contribution is 6.99. The zero-order valence-electron chi connectivity index (χ0n) is 24.0. The van der Waals surface area contributed by atoms with Gasteiger partial charge in [0.2, 0.25) is 11.6 Å². The third-order valence-corrected chi connectivity index (χ3v) is 13.9. The Morgan fingerprint density at radius 1 is 0.949 bits per heavy atom. The Hall–Kier alpha value is -2.53. The number of hydrogen-bond acceptors (Lipinski definition) is 5. The number of ketones is 1. The van der Waals surface area contributed by atoms with Crippen molar-refractivity contribution in [3.8, 4) is 11.8 Å². The minimum atomic E-state index is -2.88. The Bertz CT molecular complexity index is 1240. The molecule has 5 nitrogen and oxygen atoms in total. The maximum atomic E-state index is 13.5. The molecule has 0 bridgehead atoms. The van der Waals surface area contributed by atoms with Crippen LogP contribution in [0, 0.1) is 17.3 Å². The highest BCUT2D eigenvalue weighted by Crippen LogP contribution is 2.52. The van der Waals surface area contributed by atoms with E-state index in [4.69, 9.17) is 18.6 Å². The first-order chi connectivity index (χ1) is 18.7. The highest BCUT2D eigenvalue weighted by Gasteiger charge is 2.68. The number of carbonyl (C=O) groups excluding carboxylic acids is 1. The molecule has 0 saturated carbocycles. The second-order valence-corrected chi connectivity index (χ2v) is 16.3. The van der Waals surface area contributed by atoms with E-state index in [-0.39, 0.29) is 22.8 Å². The van der Waals surface area contributed by atoms with Gasteiger partial charge in [-0.05, 0) is 35.2 Å². The fourth-order valence-electron chi connectivity index (χ4n) is 6.22. The van der Waals surface area contributed by atoms with Gasteiger partial charge < -0.3 is 18.6 Å².